The Bertz CT molecular complexity index is 1460. The molecule has 9 nitrogen and oxygen atoms in total. The van der Waals surface area contributed by atoms with Gasteiger partial charge in [-0.25, -0.2) is 9.37 Å². The van der Waals surface area contributed by atoms with Crippen LogP contribution >= 0.6 is 0 Å². The second kappa shape index (κ2) is 11.4. The Morgan fingerprint density at radius 2 is 1.93 bits per heavy atom. The van der Waals surface area contributed by atoms with Gasteiger partial charge in [0.25, 0.3) is 5.91 Å². The molecule has 2 atom stereocenters. The molecule has 2 aliphatic rings. The largest absolute Gasteiger partial charge is 0.493 e. The first kappa shape index (κ1) is 29.5. The summed E-state index contributed by atoms with van der Waals surface area (Å²) in [6.07, 6.45) is -3.90. The number of carbonyl (C=O) groups excluding carboxylic acids is 1. The summed E-state index contributed by atoms with van der Waals surface area (Å²) < 4.78 is 74.0. The second-order valence-electron chi connectivity index (χ2n) is 10.1. The van der Waals surface area contributed by atoms with Crippen molar-refractivity contribution >= 4 is 5.91 Å². The van der Waals surface area contributed by atoms with E-state index >= 15 is 0 Å². The fourth-order valence-electron chi connectivity index (χ4n) is 5.21. The first-order valence-corrected chi connectivity index (χ1v) is 13.2. The van der Waals surface area contributed by atoms with Gasteiger partial charge in [0.05, 0.1) is 31.5 Å². The number of ether oxygens (including phenoxy) is 3. The molecule has 3 aromatic rings. The van der Waals surface area contributed by atoms with Crippen LogP contribution in [0.5, 0.6) is 17.2 Å². The van der Waals surface area contributed by atoms with E-state index in [0.717, 1.165) is 18.6 Å². The third kappa shape index (κ3) is 5.35. The number of amides is 1. The minimum atomic E-state index is -5.25. The van der Waals surface area contributed by atoms with E-state index in [-0.39, 0.29) is 48.3 Å². The molecule has 0 saturated carbocycles. The van der Waals surface area contributed by atoms with Crippen molar-refractivity contribution < 1.29 is 46.8 Å². The molecule has 3 heterocycles. The number of benzene rings is 2. The van der Waals surface area contributed by atoms with Gasteiger partial charge >= 0.3 is 6.18 Å². The summed E-state index contributed by atoms with van der Waals surface area (Å²) in [6, 6.07) is 10.2. The monoisotopic (exact) mass is 591 g/mol. The van der Waals surface area contributed by atoms with Crippen LogP contribution in [-0.4, -0.2) is 67.3 Å². The highest BCUT2D eigenvalue weighted by atomic mass is 19.4. The van der Waals surface area contributed by atoms with Crippen LogP contribution in [0.4, 0.5) is 17.6 Å². The highest BCUT2D eigenvalue weighted by Crippen LogP contribution is 2.49. The van der Waals surface area contributed by atoms with Gasteiger partial charge in [-0.3, -0.25) is 4.79 Å². The molecule has 5 rings (SSSR count). The predicted molar refractivity (Wildman–Crippen MR) is 142 cm³/mol. The lowest BCUT2D eigenvalue weighted by Gasteiger charge is -2.32. The number of nitrogens with zero attached hydrogens (tertiary/aromatic N) is 1. The van der Waals surface area contributed by atoms with Crippen LogP contribution < -0.4 is 24.8 Å². The number of hydrogen-bond acceptors (Lipinski definition) is 8. The highest BCUT2D eigenvalue weighted by Gasteiger charge is 2.57. The highest BCUT2D eigenvalue weighted by molar-refractivity contribution is 5.95. The molecule has 4 N–H and O–H groups in total. The van der Waals surface area contributed by atoms with Crippen LogP contribution in [0.3, 0.4) is 0 Å². The van der Waals surface area contributed by atoms with Gasteiger partial charge in [-0.1, -0.05) is 0 Å². The quantitative estimate of drug-likeness (QED) is 0.280. The van der Waals surface area contributed by atoms with Gasteiger partial charge in [-0.15, -0.1) is 0 Å². The first-order valence-electron chi connectivity index (χ1n) is 13.2. The Hall–Kier alpha value is -3.94. The summed E-state index contributed by atoms with van der Waals surface area (Å²) in [5, 5.41) is 25.7. The third-order valence-electron chi connectivity index (χ3n) is 7.49. The van der Waals surface area contributed by atoms with Crippen molar-refractivity contribution in [1.29, 1.82) is 0 Å². The molecule has 0 bridgehead atoms. The molecular formula is C29H29F4N3O6. The molecular weight excluding hydrogens is 562 g/mol. The number of methoxy groups -OCH3 is 1. The maximum absolute atomic E-state index is 14.6. The molecule has 1 aromatic heterocycles. The number of hydrogen-bond donors (Lipinski definition) is 4. The van der Waals surface area contributed by atoms with E-state index in [2.05, 4.69) is 15.6 Å². The Kier molecular flexibility index (Phi) is 8.01. The topological polar surface area (TPSA) is 122 Å². The molecule has 2 aromatic carbocycles. The van der Waals surface area contributed by atoms with Gasteiger partial charge in [0.2, 0.25) is 5.60 Å². The minimum Gasteiger partial charge on any atom is -0.493 e. The van der Waals surface area contributed by atoms with Gasteiger partial charge in [-0.05, 0) is 67.9 Å². The molecule has 224 valence electrons. The van der Waals surface area contributed by atoms with E-state index in [1.807, 2.05) is 0 Å². The number of aromatic nitrogens is 1. The number of halogens is 4. The summed E-state index contributed by atoms with van der Waals surface area (Å²) in [5.74, 6) is -0.852. The van der Waals surface area contributed by atoms with E-state index < -0.39 is 41.3 Å². The van der Waals surface area contributed by atoms with Crippen molar-refractivity contribution in [2.45, 2.75) is 30.2 Å². The number of nitrogens with one attached hydrogen (secondary N) is 2. The molecule has 42 heavy (non-hydrogen) atoms. The normalized spacial score (nSPS) is 19.2. The van der Waals surface area contributed by atoms with E-state index in [0.29, 0.717) is 24.1 Å². The van der Waals surface area contributed by atoms with E-state index in [4.69, 9.17) is 19.3 Å². The number of carbonyl (C=O) groups is 1. The third-order valence-corrected chi connectivity index (χ3v) is 7.49. The van der Waals surface area contributed by atoms with Crippen molar-refractivity contribution in [1.82, 2.24) is 15.6 Å². The van der Waals surface area contributed by atoms with Crippen LogP contribution in [0, 0.1) is 5.82 Å². The standard InChI is InChI=1S/C29H29F4N3O6/c1-40-22-13-18(5-8-21(22)41-12-11-37)26(38)34-15-28(39,29(31,32)33)23-14-20-25(42-16-27(20)9-2-10-35-27)24(36-23)17-3-6-19(30)7-4-17/h3-8,13-14,35,37,39H,2,9-12,15-16H2,1H3,(H,34,38). The van der Waals surface area contributed by atoms with Gasteiger partial charge in [-0.2, -0.15) is 13.2 Å². The van der Waals surface area contributed by atoms with Crippen molar-refractivity contribution in [2.75, 3.05) is 40.0 Å². The average Bonchev–Trinajstić information content (AvgIpc) is 3.61. The molecule has 0 aliphatic carbocycles. The number of pyridine rings is 1. The molecule has 1 saturated heterocycles. The molecule has 2 unspecified atom stereocenters. The lowest BCUT2D eigenvalue weighted by Crippen LogP contribution is -2.51. The molecule has 2 aliphatic heterocycles. The fourth-order valence-corrected chi connectivity index (χ4v) is 5.21. The number of aliphatic hydroxyl groups excluding tert-OH is 1. The lowest BCUT2D eigenvalue weighted by molar-refractivity contribution is -0.265. The average molecular weight is 592 g/mol. The van der Waals surface area contributed by atoms with Crippen LogP contribution in [0.25, 0.3) is 11.3 Å². The van der Waals surface area contributed by atoms with Crippen LogP contribution in [0.2, 0.25) is 0 Å². The summed E-state index contributed by atoms with van der Waals surface area (Å²) in [5.41, 5.74) is -4.43. The predicted octanol–water partition coefficient (Wildman–Crippen LogP) is 3.42. The number of aliphatic hydroxyl groups is 2. The second-order valence-corrected chi connectivity index (χ2v) is 10.1. The van der Waals surface area contributed by atoms with Crippen LogP contribution in [0.1, 0.15) is 34.5 Å². The molecule has 1 fully saturated rings. The van der Waals surface area contributed by atoms with Gasteiger partial charge in [0.1, 0.15) is 24.7 Å². The Morgan fingerprint density at radius 1 is 1.17 bits per heavy atom. The maximum Gasteiger partial charge on any atom is 0.424 e. The van der Waals surface area contributed by atoms with Crippen molar-refractivity contribution in [3.05, 3.63) is 71.2 Å². The SMILES string of the molecule is COc1cc(C(=O)NCC(O)(c2cc3c(c(-c4ccc(F)cc4)n2)OCC32CCCN2)C(F)(F)F)ccc1OCCO. The van der Waals surface area contributed by atoms with Gasteiger partial charge in [0.15, 0.2) is 17.2 Å². The van der Waals surface area contributed by atoms with Gasteiger partial charge in [0, 0.05) is 16.7 Å². The smallest absolute Gasteiger partial charge is 0.424 e. The van der Waals surface area contributed by atoms with Crippen molar-refractivity contribution in [3.8, 4) is 28.5 Å². The van der Waals surface area contributed by atoms with E-state index in [1.165, 1.54) is 43.5 Å². The number of rotatable bonds is 9. The van der Waals surface area contributed by atoms with Crippen LogP contribution in [-0.2, 0) is 11.1 Å². The summed E-state index contributed by atoms with van der Waals surface area (Å²) in [6.45, 7) is -0.765. The van der Waals surface area contributed by atoms with Gasteiger partial charge < -0.3 is 35.1 Å². The van der Waals surface area contributed by atoms with E-state index in [9.17, 15) is 27.5 Å². The first-order chi connectivity index (χ1) is 20.0. The zero-order chi connectivity index (χ0) is 30.1. The maximum atomic E-state index is 14.6. The lowest BCUT2D eigenvalue weighted by atomic mass is 9.86. The number of fused-ring (bicyclic) bond motifs is 2. The Labute approximate surface area is 238 Å². The molecule has 13 heteroatoms. The number of alkyl halides is 3. The van der Waals surface area contributed by atoms with Crippen LogP contribution in [0.15, 0.2) is 48.5 Å². The minimum absolute atomic E-state index is 0.0188. The van der Waals surface area contributed by atoms with Crippen molar-refractivity contribution in [3.63, 3.8) is 0 Å². The zero-order valence-electron chi connectivity index (χ0n) is 22.6. The van der Waals surface area contributed by atoms with E-state index in [1.54, 1.807) is 0 Å². The Balaban J connectivity index is 1.52. The summed E-state index contributed by atoms with van der Waals surface area (Å²) >= 11 is 0. The fraction of sp³-hybridized carbons (Fsp3) is 0.379. The summed E-state index contributed by atoms with van der Waals surface area (Å²) in [4.78, 5) is 17.1. The zero-order valence-corrected chi connectivity index (χ0v) is 22.6. The Morgan fingerprint density at radius 3 is 2.57 bits per heavy atom. The molecule has 1 spiro atoms. The molecule has 0 radical (unpaired) electrons. The van der Waals surface area contributed by atoms with Crippen molar-refractivity contribution in [2.24, 2.45) is 0 Å². The molecule has 1 amide bonds. The summed E-state index contributed by atoms with van der Waals surface area (Å²) in [7, 11) is 1.32.